The van der Waals surface area contributed by atoms with E-state index in [1.807, 2.05) is 0 Å². The number of anilines is 2. The lowest BCUT2D eigenvalue weighted by Crippen LogP contribution is -2.16. The summed E-state index contributed by atoms with van der Waals surface area (Å²) in [4.78, 5) is 45.4. The summed E-state index contributed by atoms with van der Waals surface area (Å²) in [6.07, 6.45) is -0.303. The van der Waals surface area contributed by atoms with Crippen molar-refractivity contribution in [2.45, 2.75) is 6.92 Å². The smallest absolute Gasteiger partial charge is 0.445 e. The fourth-order valence-electron chi connectivity index (χ4n) is 2.35. The first-order chi connectivity index (χ1) is 14.9. The molecule has 0 atom stereocenters. The predicted octanol–water partition coefficient (Wildman–Crippen LogP) is 3.19. The van der Waals surface area contributed by atoms with Gasteiger partial charge in [-0.3, -0.25) is 10.6 Å². The Balaban J connectivity index is 1.46. The molecule has 164 valence electrons. The molecule has 12 heteroatoms. The molecule has 0 aliphatic carbocycles. The van der Waals surface area contributed by atoms with Crippen molar-refractivity contribution >= 4 is 35.9 Å². The molecule has 0 bridgehead atoms. The lowest BCUT2D eigenvalue weighted by atomic mass is 10.2. The summed E-state index contributed by atoms with van der Waals surface area (Å²) in [6, 6.07) is 4.82. The van der Waals surface area contributed by atoms with Gasteiger partial charge in [0.25, 0.3) is 0 Å². The molecule has 0 unspecified atom stereocenters. The monoisotopic (exact) mass is 434 g/mol. The quantitative estimate of drug-likeness (QED) is 0.505. The Morgan fingerprint density at radius 2 is 1.48 bits per heavy atom. The van der Waals surface area contributed by atoms with E-state index in [4.69, 9.17) is 18.9 Å². The summed E-state index contributed by atoms with van der Waals surface area (Å²) in [5, 5.41) is 5.06. The molecule has 2 aliphatic heterocycles. The molecular formula is C19H18N2O10. The minimum atomic E-state index is -0.804. The molecule has 2 saturated heterocycles. The highest BCUT2D eigenvalue weighted by Gasteiger charge is 2.19. The number of hydrogen-bond donors (Lipinski definition) is 2. The van der Waals surface area contributed by atoms with Gasteiger partial charge in [0.1, 0.15) is 24.7 Å². The van der Waals surface area contributed by atoms with Crippen LogP contribution in [0.5, 0.6) is 0 Å². The standard InChI is InChI=1S/C19H18N2O10/c1-11-2-3-12(20-16(22)26-6-4-13-9-28-18(24)30-13)8-15(11)21-17(23)27-7-5-14-10-29-19(25)31-14/h2-5,8H,6-7,9-10H2,1H3,(H,20,22)(H,21,23)/b13-4-,14-5-. The fourth-order valence-corrected chi connectivity index (χ4v) is 2.35. The zero-order chi connectivity index (χ0) is 22.2. The van der Waals surface area contributed by atoms with Crippen LogP contribution in [0.2, 0.25) is 0 Å². The van der Waals surface area contributed by atoms with E-state index in [-0.39, 0.29) is 37.9 Å². The molecule has 1 aromatic rings. The van der Waals surface area contributed by atoms with E-state index in [1.54, 1.807) is 19.1 Å². The Labute approximate surface area is 175 Å². The Morgan fingerprint density at radius 3 is 2.00 bits per heavy atom. The topological polar surface area (TPSA) is 148 Å². The second kappa shape index (κ2) is 10.0. The largest absolute Gasteiger partial charge is 0.514 e. The lowest BCUT2D eigenvalue weighted by molar-refractivity contribution is 0.134. The summed E-state index contributed by atoms with van der Waals surface area (Å²) in [7, 11) is 0. The molecule has 3 rings (SSSR count). The molecule has 0 saturated carbocycles. The molecule has 1 aromatic carbocycles. The van der Waals surface area contributed by atoms with Crippen LogP contribution in [-0.2, 0) is 28.4 Å². The maximum absolute atomic E-state index is 12.0. The number of rotatable bonds is 6. The van der Waals surface area contributed by atoms with E-state index in [9.17, 15) is 19.2 Å². The second-order valence-corrected chi connectivity index (χ2v) is 6.10. The summed E-state index contributed by atoms with van der Waals surface area (Å²) in [5.41, 5.74) is 1.50. The van der Waals surface area contributed by atoms with Gasteiger partial charge in [-0.2, -0.15) is 0 Å². The summed E-state index contributed by atoms with van der Waals surface area (Å²) < 4.78 is 28.5. The number of aryl methyl sites for hydroxylation is 1. The average Bonchev–Trinajstić information content (AvgIpc) is 3.32. The van der Waals surface area contributed by atoms with E-state index in [0.717, 1.165) is 5.56 Å². The van der Waals surface area contributed by atoms with Gasteiger partial charge in [-0.25, -0.2) is 19.2 Å². The van der Waals surface area contributed by atoms with E-state index < -0.39 is 24.5 Å². The summed E-state index contributed by atoms with van der Waals surface area (Å²) in [6.45, 7) is 1.48. The molecule has 0 aromatic heterocycles. The minimum absolute atomic E-state index is 0.0110. The van der Waals surface area contributed by atoms with Crippen molar-refractivity contribution < 1.29 is 47.6 Å². The number of benzene rings is 1. The second-order valence-electron chi connectivity index (χ2n) is 6.10. The Hall–Kier alpha value is -4.22. The van der Waals surface area contributed by atoms with Crippen molar-refractivity contribution in [2.75, 3.05) is 37.1 Å². The molecule has 2 aliphatic rings. The van der Waals surface area contributed by atoms with Crippen molar-refractivity contribution in [3.8, 4) is 0 Å². The molecule has 12 nitrogen and oxygen atoms in total. The molecule has 2 N–H and O–H groups in total. The zero-order valence-corrected chi connectivity index (χ0v) is 16.3. The fraction of sp³-hybridized carbons (Fsp3) is 0.263. The van der Waals surface area contributed by atoms with Gasteiger partial charge in [-0.1, -0.05) is 6.07 Å². The number of carbonyl (C=O) groups is 4. The highest BCUT2D eigenvalue weighted by atomic mass is 16.8. The third-order valence-electron chi connectivity index (χ3n) is 3.86. The zero-order valence-electron chi connectivity index (χ0n) is 16.3. The highest BCUT2D eigenvalue weighted by molar-refractivity contribution is 5.89. The highest BCUT2D eigenvalue weighted by Crippen LogP contribution is 2.21. The minimum Gasteiger partial charge on any atom is -0.445 e. The van der Waals surface area contributed by atoms with E-state index in [0.29, 0.717) is 11.4 Å². The number of cyclic esters (lactones) is 4. The molecule has 0 radical (unpaired) electrons. The predicted molar refractivity (Wildman–Crippen MR) is 102 cm³/mol. The van der Waals surface area contributed by atoms with Gasteiger partial charge in [0.05, 0.1) is 0 Å². The van der Waals surface area contributed by atoms with Crippen LogP contribution in [-0.4, -0.2) is 50.9 Å². The first kappa shape index (κ1) is 21.5. The average molecular weight is 434 g/mol. The van der Waals surface area contributed by atoms with Crippen LogP contribution in [0.1, 0.15) is 5.56 Å². The Morgan fingerprint density at radius 1 is 0.935 bits per heavy atom. The van der Waals surface area contributed by atoms with Crippen LogP contribution in [0.25, 0.3) is 0 Å². The van der Waals surface area contributed by atoms with Gasteiger partial charge in [0.2, 0.25) is 0 Å². The Bertz CT molecular complexity index is 953. The van der Waals surface area contributed by atoms with Gasteiger partial charge >= 0.3 is 24.5 Å². The SMILES string of the molecule is Cc1ccc(NC(=O)OC/C=C2/COC(=O)O2)cc1NC(=O)OC/C=C1/COC(=O)O1. The molecule has 0 spiro atoms. The van der Waals surface area contributed by atoms with Crippen molar-refractivity contribution in [2.24, 2.45) is 0 Å². The van der Waals surface area contributed by atoms with Crippen LogP contribution in [0.3, 0.4) is 0 Å². The number of amides is 2. The van der Waals surface area contributed by atoms with Gasteiger partial charge in [0, 0.05) is 11.4 Å². The number of carbonyl (C=O) groups excluding carboxylic acids is 4. The normalized spacial score (nSPS) is 17.5. The van der Waals surface area contributed by atoms with Gasteiger partial charge in [0.15, 0.2) is 13.2 Å². The van der Waals surface area contributed by atoms with Crippen LogP contribution in [0.4, 0.5) is 30.6 Å². The third-order valence-corrected chi connectivity index (χ3v) is 3.86. The van der Waals surface area contributed by atoms with Crippen molar-refractivity contribution in [1.82, 2.24) is 0 Å². The molecule has 2 fully saturated rings. The number of ether oxygens (including phenoxy) is 6. The maximum atomic E-state index is 12.0. The molecular weight excluding hydrogens is 416 g/mol. The van der Waals surface area contributed by atoms with E-state index >= 15 is 0 Å². The van der Waals surface area contributed by atoms with Crippen molar-refractivity contribution in [1.29, 1.82) is 0 Å². The van der Waals surface area contributed by atoms with Gasteiger partial charge < -0.3 is 28.4 Å². The summed E-state index contributed by atoms with van der Waals surface area (Å²) >= 11 is 0. The molecule has 31 heavy (non-hydrogen) atoms. The van der Waals surface area contributed by atoms with Crippen LogP contribution >= 0.6 is 0 Å². The number of hydrogen-bond acceptors (Lipinski definition) is 10. The first-order valence-electron chi connectivity index (χ1n) is 8.94. The molecule has 2 heterocycles. The van der Waals surface area contributed by atoms with Crippen LogP contribution < -0.4 is 10.6 Å². The van der Waals surface area contributed by atoms with Crippen molar-refractivity contribution in [3.05, 3.63) is 47.4 Å². The van der Waals surface area contributed by atoms with E-state index in [1.165, 1.54) is 18.2 Å². The van der Waals surface area contributed by atoms with Crippen LogP contribution in [0, 0.1) is 6.92 Å². The first-order valence-corrected chi connectivity index (χ1v) is 8.94. The van der Waals surface area contributed by atoms with Crippen molar-refractivity contribution in [3.63, 3.8) is 0 Å². The van der Waals surface area contributed by atoms with E-state index in [2.05, 4.69) is 20.1 Å². The summed E-state index contributed by atoms with van der Waals surface area (Å²) in [5.74, 6) is 0.514. The maximum Gasteiger partial charge on any atom is 0.514 e. The third kappa shape index (κ3) is 6.66. The van der Waals surface area contributed by atoms with Gasteiger partial charge in [-0.15, -0.1) is 0 Å². The van der Waals surface area contributed by atoms with Gasteiger partial charge in [-0.05, 0) is 36.8 Å². The Kier molecular flexibility index (Phi) is 6.93. The molecule has 2 amide bonds. The number of nitrogens with one attached hydrogen (secondary N) is 2. The van der Waals surface area contributed by atoms with Crippen LogP contribution in [0.15, 0.2) is 41.9 Å². The lowest BCUT2D eigenvalue weighted by Gasteiger charge is -2.11.